The molecule has 48 heavy (non-hydrogen) atoms. The smallest absolute Gasteiger partial charge is 0.407 e. The number of hydrogen-bond acceptors (Lipinski definition) is 8. The van der Waals surface area contributed by atoms with Crippen LogP contribution in [-0.4, -0.2) is 67.3 Å². The maximum Gasteiger partial charge on any atom is 0.407 e. The molecule has 3 aromatic carbocycles. The van der Waals surface area contributed by atoms with Crippen LogP contribution in [0, 0.1) is 5.92 Å². The van der Waals surface area contributed by atoms with Crippen molar-refractivity contribution in [2.75, 3.05) is 18.5 Å². The van der Waals surface area contributed by atoms with Crippen molar-refractivity contribution in [3.8, 4) is 11.1 Å². The van der Waals surface area contributed by atoms with Gasteiger partial charge >= 0.3 is 12.1 Å². The number of amides is 5. The summed E-state index contributed by atoms with van der Waals surface area (Å²) in [5, 5.41) is 19.6. The molecule has 5 amide bonds. The molecule has 8 N–H and O–H groups in total. The molecule has 14 nitrogen and oxygen atoms in total. The number of benzene rings is 3. The lowest BCUT2D eigenvalue weighted by molar-refractivity contribution is -0.128. The van der Waals surface area contributed by atoms with Crippen LogP contribution in [0.2, 0.25) is 0 Å². The summed E-state index contributed by atoms with van der Waals surface area (Å²) in [5.74, 6) is -2.04. The van der Waals surface area contributed by atoms with Crippen LogP contribution in [0.15, 0.2) is 71.6 Å². The van der Waals surface area contributed by atoms with E-state index in [0.29, 0.717) is 0 Å². The zero-order valence-electron chi connectivity index (χ0n) is 26.4. The lowest BCUT2D eigenvalue weighted by Gasteiger charge is -2.25. The van der Waals surface area contributed by atoms with Crippen LogP contribution < -0.4 is 27.0 Å². The van der Waals surface area contributed by atoms with E-state index in [-0.39, 0.29) is 43.2 Å². The first-order valence-corrected chi connectivity index (χ1v) is 16.7. The summed E-state index contributed by atoms with van der Waals surface area (Å²) in [4.78, 5) is 50.4. The molecule has 2 atom stereocenters. The summed E-state index contributed by atoms with van der Waals surface area (Å²) in [7, 11) is -4.73. The fourth-order valence-corrected chi connectivity index (χ4v) is 6.32. The zero-order chi connectivity index (χ0) is 35.0. The fourth-order valence-electron chi connectivity index (χ4n) is 5.58. The average molecular weight is 682 g/mol. The van der Waals surface area contributed by atoms with E-state index in [1.54, 1.807) is 13.8 Å². The van der Waals surface area contributed by atoms with Crippen LogP contribution in [-0.2, 0) is 31.1 Å². The van der Waals surface area contributed by atoms with Gasteiger partial charge in [0, 0.05) is 18.2 Å². The van der Waals surface area contributed by atoms with Gasteiger partial charge in [-0.3, -0.25) is 14.1 Å². The van der Waals surface area contributed by atoms with E-state index >= 15 is 0 Å². The second-order valence-electron chi connectivity index (χ2n) is 11.6. The first-order chi connectivity index (χ1) is 22.8. The van der Waals surface area contributed by atoms with Crippen molar-refractivity contribution in [3.05, 3.63) is 83.4 Å². The fraction of sp³-hybridized carbons (Fsp3) is 0.333. The van der Waals surface area contributed by atoms with Gasteiger partial charge in [-0.05, 0) is 58.7 Å². The first-order valence-electron chi connectivity index (χ1n) is 15.3. The molecule has 0 saturated heterocycles. The largest absolute Gasteiger partial charge is 0.449 e. The predicted molar refractivity (Wildman–Crippen MR) is 176 cm³/mol. The van der Waals surface area contributed by atoms with Crippen LogP contribution in [0.25, 0.3) is 11.1 Å². The number of primary amides is 1. The number of aliphatic hydroxyl groups is 1. The standard InChI is InChI=1S/C33H39N5O9S/c1-19(2)29(38-33(43)47-18-26-24-10-5-3-8-22(24)23-9-4-6-11-25(23)26)31(41)37-27(12-7-15-35-32(34)42)30(40)36-21-14-13-20(17-39)28(16-21)48(44,45)46/h3-6,8-11,13-14,16,19,26-27,29,39H,7,12,15,17-18H2,1-2H3,(H,36,40)(H,37,41)(H,38,43)(H3,34,35,42)(H,44,45,46)/t27-,29-/m0/s1. The molecular weight excluding hydrogens is 642 g/mol. The number of nitrogens with two attached hydrogens (primary N) is 1. The molecule has 0 aromatic heterocycles. The van der Waals surface area contributed by atoms with Crippen molar-refractivity contribution in [1.29, 1.82) is 0 Å². The molecule has 1 aliphatic carbocycles. The summed E-state index contributed by atoms with van der Waals surface area (Å²) in [5.41, 5.74) is 9.18. The van der Waals surface area contributed by atoms with Gasteiger partial charge in [0.15, 0.2) is 0 Å². The average Bonchev–Trinajstić information content (AvgIpc) is 3.36. The SMILES string of the molecule is CC(C)[C@H](NC(=O)OCC1c2ccccc2-c2ccccc21)C(=O)N[C@@H](CCCNC(N)=O)C(=O)Nc1ccc(CO)c(S(=O)(=O)O)c1. The molecule has 0 fully saturated rings. The summed E-state index contributed by atoms with van der Waals surface area (Å²) in [6.45, 7) is 2.87. The van der Waals surface area contributed by atoms with Gasteiger partial charge in [-0.2, -0.15) is 8.42 Å². The van der Waals surface area contributed by atoms with Gasteiger partial charge in [0.25, 0.3) is 10.1 Å². The van der Waals surface area contributed by atoms with Crippen LogP contribution in [0.3, 0.4) is 0 Å². The summed E-state index contributed by atoms with van der Waals surface area (Å²) >= 11 is 0. The molecule has 0 bridgehead atoms. The van der Waals surface area contributed by atoms with Gasteiger partial charge in [-0.25, -0.2) is 9.59 Å². The number of anilines is 1. The maximum atomic E-state index is 13.5. The zero-order valence-corrected chi connectivity index (χ0v) is 27.3. The second-order valence-corrected chi connectivity index (χ2v) is 13.0. The molecule has 0 saturated carbocycles. The van der Waals surface area contributed by atoms with E-state index in [9.17, 15) is 37.3 Å². The lowest BCUT2D eigenvalue weighted by Crippen LogP contribution is -2.54. The van der Waals surface area contributed by atoms with Crippen molar-refractivity contribution >= 4 is 39.7 Å². The molecule has 0 radical (unpaired) electrons. The molecule has 0 aliphatic heterocycles. The highest BCUT2D eigenvalue weighted by atomic mass is 32.2. The molecule has 0 unspecified atom stereocenters. The molecule has 0 heterocycles. The number of hydrogen-bond donors (Lipinski definition) is 7. The van der Waals surface area contributed by atoms with Gasteiger partial charge in [0.2, 0.25) is 11.8 Å². The monoisotopic (exact) mass is 681 g/mol. The first kappa shape index (κ1) is 35.9. The quantitative estimate of drug-likeness (QED) is 0.0979. The molecule has 0 spiro atoms. The Bertz CT molecular complexity index is 1730. The summed E-state index contributed by atoms with van der Waals surface area (Å²) in [6.07, 6.45) is -0.584. The number of aliphatic hydroxyl groups excluding tert-OH is 1. The topological polar surface area (TPSA) is 226 Å². The summed E-state index contributed by atoms with van der Waals surface area (Å²) in [6, 6.07) is 16.2. The molecular formula is C33H39N5O9S. The van der Waals surface area contributed by atoms with Crippen LogP contribution in [0.5, 0.6) is 0 Å². The Labute approximate surface area is 278 Å². The third-order valence-corrected chi connectivity index (χ3v) is 8.89. The number of ether oxygens (including phenoxy) is 1. The second kappa shape index (κ2) is 15.7. The van der Waals surface area contributed by atoms with E-state index < -0.39 is 63.6 Å². The number of carbonyl (C=O) groups is 4. The molecule has 3 aromatic rings. The van der Waals surface area contributed by atoms with E-state index in [2.05, 4.69) is 21.3 Å². The number of fused-ring (bicyclic) bond motifs is 3. The van der Waals surface area contributed by atoms with Gasteiger partial charge in [-0.1, -0.05) is 68.4 Å². The number of carbonyl (C=O) groups excluding carboxylic acids is 4. The maximum absolute atomic E-state index is 13.5. The Morgan fingerprint density at radius 2 is 1.54 bits per heavy atom. The van der Waals surface area contributed by atoms with Gasteiger partial charge in [0.1, 0.15) is 23.6 Å². The predicted octanol–water partition coefficient (Wildman–Crippen LogP) is 2.86. The van der Waals surface area contributed by atoms with E-state index in [0.717, 1.165) is 28.3 Å². The van der Waals surface area contributed by atoms with E-state index in [1.807, 2.05) is 48.5 Å². The third-order valence-electron chi connectivity index (χ3n) is 7.95. The van der Waals surface area contributed by atoms with Crippen LogP contribution in [0.1, 0.15) is 49.3 Å². The minimum atomic E-state index is -4.73. The Kier molecular flexibility index (Phi) is 11.8. The normalized spacial score (nSPS) is 13.5. The van der Waals surface area contributed by atoms with Gasteiger partial charge in [-0.15, -0.1) is 0 Å². The van der Waals surface area contributed by atoms with E-state index in [1.165, 1.54) is 12.1 Å². The molecule has 15 heteroatoms. The van der Waals surface area contributed by atoms with Crippen molar-refractivity contribution in [2.24, 2.45) is 11.7 Å². The van der Waals surface area contributed by atoms with Crippen molar-refractivity contribution in [2.45, 2.75) is 56.2 Å². The highest BCUT2D eigenvalue weighted by molar-refractivity contribution is 7.85. The minimum absolute atomic E-state index is 0.0213. The van der Waals surface area contributed by atoms with Gasteiger partial charge in [0.05, 0.1) is 6.61 Å². The van der Waals surface area contributed by atoms with E-state index in [4.69, 9.17) is 10.5 Å². The molecule has 4 rings (SSSR count). The Morgan fingerprint density at radius 1 is 0.917 bits per heavy atom. The summed E-state index contributed by atoms with van der Waals surface area (Å²) < 4.78 is 38.8. The molecule has 256 valence electrons. The number of rotatable bonds is 14. The van der Waals surface area contributed by atoms with Crippen molar-refractivity contribution < 1.29 is 42.0 Å². The van der Waals surface area contributed by atoms with Crippen molar-refractivity contribution in [3.63, 3.8) is 0 Å². The van der Waals surface area contributed by atoms with Crippen LogP contribution >= 0.6 is 0 Å². The minimum Gasteiger partial charge on any atom is -0.449 e. The number of nitrogens with one attached hydrogen (secondary N) is 4. The Balaban J connectivity index is 1.45. The van der Waals surface area contributed by atoms with Crippen LogP contribution in [0.4, 0.5) is 15.3 Å². The highest BCUT2D eigenvalue weighted by Gasteiger charge is 2.32. The number of alkyl carbamates (subject to hydrolysis) is 1. The van der Waals surface area contributed by atoms with Crippen molar-refractivity contribution in [1.82, 2.24) is 16.0 Å². The Hall–Kier alpha value is -4.99. The van der Waals surface area contributed by atoms with Gasteiger partial charge < -0.3 is 36.8 Å². The molecule has 1 aliphatic rings. The highest BCUT2D eigenvalue weighted by Crippen LogP contribution is 2.44. The number of urea groups is 1. The lowest BCUT2D eigenvalue weighted by atomic mass is 9.98. The third kappa shape index (κ3) is 8.87. The Morgan fingerprint density at radius 3 is 2.10 bits per heavy atom.